The topological polar surface area (TPSA) is 74.6 Å². The van der Waals surface area contributed by atoms with Crippen LogP contribution < -0.4 is 0 Å². The number of hydrogen-bond donors (Lipinski definition) is 2. The van der Waals surface area contributed by atoms with E-state index in [9.17, 15) is 13.5 Å². The van der Waals surface area contributed by atoms with Crippen molar-refractivity contribution in [3.05, 3.63) is 30.3 Å². The molecule has 0 unspecified atom stereocenters. The van der Waals surface area contributed by atoms with Crippen molar-refractivity contribution in [2.24, 2.45) is 11.3 Å². The molecule has 0 spiro atoms. The van der Waals surface area contributed by atoms with Crippen LogP contribution in [-0.2, 0) is 10.1 Å². The third-order valence-electron chi connectivity index (χ3n) is 3.96. The van der Waals surface area contributed by atoms with Gasteiger partial charge in [0, 0.05) is 0 Å². The molecule has 120 valence electrons. The molecule has 2 N–H and O–H groups in total. The first-order chi connectivity index (χ1) is 9.60. The summed E-state index contributed by atoms with van der Waals surface area (Å²) in [6.45, 7) is 6.90. The smallest absolute Gasteiger partial charge is 0.294 e. The third-order valence-corrected chi connectivity index (χ3v) is 4.83. The number of aliphatic hydroxyl groups excluding tert-OH is 1. The predicted molar refractivity (Wildman–Crippen MR) is 83.7 cm³/mol. The highest BCUT2D eigenvalue weighted by atomic mass is 32.2. The van der Waals surface area contributed by atoms with E-state index in [4.69, 9.17) is 4.55 Å². The minimum Gasteiger partial charge on any atom is -0.393 e. The Balaban J connectivity index is 0.000000211. The van der Waals surface area contributed by atoms with Gasteiger partial charge < -0.3 is 5.11 Å². The van der Waals surface area contributed by atoms with E-state index in [1.54, 1.807) is 18.2 Å². The van der Waals surface area contributed by atoms with Crippen LogP contribution in [-0.4, -0.2) is 24.2 Å². The fourth-order valence-corrected chi connectivity index (χ4v) is 3.04. The van der Waals surface area contributed by atoms with Crippen molar-refractivity contribution < 1.29 is 18.1 Å². The first-order valence-corrected chi connectivity index (χ1v) is 8.75. The van der Waals surface area contributed by atoms with E-state index in [0.717, 1.165) is 18.8 Å². The molecule has 2 rings (SSSR count). The molecular formula is C16H26O4S. The molecule has 0 aliphatic heterocycles. The normalized spacial score (nSPS) is 23.1. The lowest BCUT2D eigenvalue weighted by Gasteiger charge is -2.35. The Morgan fingerprint density at radius 3 is 1.81 bits per heavy atom. The van der Waals surface area contributed by atoms with Gasteiger partial charge in [-0.05, 0) is 49.1 Å². The van der Waals surface area contributed by atoms with Crippen LogP contribution in [0.4, 0.5) is 0 Å². The van der Waals surface area contributed by atoms with E-state index in [1.165, 1.54) is 25.0 Å². The summed E-state index contributed by atoms with van der Waals surface area (Å²) < 4.78 is 29.2. The molecule has 0 aromatic heterocycles. The molecule has 1 aromatic rings. The second kappa shape index (κ2) is 7.38. The van der Waals surface area contributed by atoms with Crippen molar-refractivity contribution >= 4 is 10.1 Å². The Bertz CT molecular complexity index is 509. The summed E-state index contributed by atoms with van der Waals surface area (Å²) in [5.41, 5.74) is 0.445. The fourth-order valence-electron chi connectivity index (χ4n) is 2.53. The van der Waals surface area contributed by atoms with Crippen molar-refractivity contribution in [2.75, 3.05) is 0 Å². The van der Waals surface area contributed by atoms with Crippen LogP contribution in [0.5, 0.6) is 0 Å². The summed E-state index contributed by atoms with van der Waals surface area (Å²) in [4.78, 5) is -0.0741. The van der Waals surface area contributed by atoms with E-state index in [2.05, 4.69) is 20.8 Å². The second-order valence-electron chi connectivity index (χ2n) is 6.66. The van der Waals surface area contributed by atoms with E-state index in [0.29, 0.717) is 5.41 Å². The van der Waals surface area contributed by atoms with Gasteiger partial charge in [0.15, 0.2) is 0 Å². The summed E-state index contributed by atoms with van der Waals surface area (Å²) in [5, 5.41) is 9.29. The molecule has 0 atom stereocenters. The van der Waals surface area contributed by atoms with Crippen molar-refractivity contribution in [1.82, 2.24) is 0 Å². The van der Waals surface area contributed by atoms with Crippen LogP contribution in [0, 0.1) is 11.3 Å². The highest BCUT2D eigenvalue weighted by molar-refractivity contribution is 7.85. The maximum absolute atomic E-state index is 10.4. The summed E-state index contributed by atoms with van der Waals surface area (Å²) in [6, 6.07) is 7.42. The standard InChI is InChI=1S/C10H20O.C6H6O3S/c1-10(2,3)8-4-6-9(11)7-5-8;7-10(8,9)6-4-2-1-3-5-6/h8-9,11H,4-7H2,1-3H3;1-5H,(H,7,8,9). The molecule has 1 aliphatic rings. The highest BCUT2D eigenvalue weighted by Gasteiger charge is 2.28. The van der Waals surface area contributed by atoms with Crippen LogP contribution in [0.25, 0.3) is 0 Å². The van der Waals surface area contributed by atoms with E-state index >= 15 is 0 Å². The van der Waals surface area contributed by atoms with Crippen molar-refractivity contribution in [2.45, 2.75) is 57.5 Å². The zero-order chi connectivity index (χ0) is 16.1. The van der Waals surface area contributed by atoms with Crippen LogP contribution in [0.1, 0.15) is 46.5 Å². The Labute approximate surface area is 128 Å². The molecule has 1 saturated carbocycles. The van der Waals surface area contributed by atoms with Gasteiger partial charge in [-0.3, -0.25) is 4.55 Å². The molecule has 1 aromatic carbocycles. The predicted octanol–water partition coefficient (Wildman–Crippen LogP) is 3.52. The second-order valence-corrected chi connectivity index (χ2v) is 8.08. The zero-order valence-electron chi connectivity index (χ0n) is 13.0. The lowest BCUT2D eigenvalue weighted by atomic mass is 9.72. The van der Waals surface area contributed by atoms with Crippen LogP contribution in [0.3, 0.4) is 0 Å². The van der Waals surface area contributed by atoms with Gasteiger partial charge in [-0.1, -0.05) is 39.0 Å². The Morgan fingerprint density at radius 1 is 1.00 bits per heavy atom. The maximum Gasteiger partial charge on any atom is 0.294 e. The SMILES string of the molecule is CC(C)(C)C1CCC(O)CC1.O=S(=O)(O)c1ccccc1. The van der Waals surface area contributed by atoms with Gasteiger partial charge in [0.1, 0.15) is 0 Å². The van der Waals surface area contributed by atoms with Gasteiger partial charge >= 0.3 is 0 Å². The minimum absolute atomic E-state index is 0.00593. The van der Waals surface area contributed by atoms with Gasteiger partial charge in [-0.2, -0.15) is 8.42 Å². The molecular weight excluding hydrogens is 288 g/mol. The molecule has 1 fully saturated rings. The lowest BCUT2D eigenvalue weighted by Crippen LogP contribution is -2.27. The Hall–Kier alpha value is -0.910. The largest absolute Gasteiger partial charge is 0.393 e. The summed E-state index contributed by atoms with van der Waals surface area (Å²) >= 11 is 0. The van der Waals surface area contributed by atoms with Gasteiger partial charge in [-0.25, -0.2) is 0 Å². The van der Waals surface area contributed by atoms with Gasteiger partial charge in [0.05, 0.1) is 11.0 Å². The summed E-state index contributed by atoms with van der Waals surface area (Å²) in [6.07, 6.45) is 4.45. The van der Waals surface area contributed by atoms with Crippen molar-refractivity contribution in [1.29, 1.82) is 0 Å². The zero-order valence-corrected chi connectivity index (χ0v) is 13.8. The number of aliphatic hydroxyl groups is 1. The fraction of sp³-hybridized carbons (Fsp3) is 0.625. The van der Waals surface area contributed by atoms with Crippen LogP contribution >= 0.6 is 0 Å². The Kier molecular flexibility index (Phi) is 6.38. The molecule has 0 bridgehead atoms. The molecule has 21 heavy (non-hydrogen) atoms. The van der Waals surface area contributed by atoms with E-state index < -0.39 is 10.1 Å². The Morgan fingerprint density at radius 2 is 1.48 bits per heavy atom. The lowest BCUT2D eigenvalue weighted by molar-refractivity contribution is 0.0725. The molecule has 0 heterocycles. The number of rotatable bonds is 1. The molecule has 0 amide bonds. The van der Waals surface area contributed by atoms with E-state index in [1.807, 2.05) is 0 Å². The molecule has 0 saturated heterocycles. The maximum atomic E-state index is 10.4. The van der Waals surface area contributed by atoms with Gasteiger partial charge in [0.2, 0.25) is 0 Å². The number of benzene rings is 1. The minimum atomic E-state index is -4.00. The average molecular weight is 314 g/mol. The average Bonchev–Trinajstić information content (AvgIpc) is 2.39. The summed E-state index contributed by atoms with van der Waals surface area (Å²) in [5.74, 6) is 0.825. The highest BCUT2D eigenvalue weighted by Crippen LogP contribution is 2.37. The van der Waals surface area contributed by atoms with Gasteiger partial charge in [0.25, 0.3) is 10.1 Å². The van der Waals surface area contributed by atoms with E-state index in [-0.39, 0.29) is 11.0 Å². The van der Waals surface area contributed by atoms with Gasteiger partial charge in [-0.15, -0.1) is 0 Å². The number of hydrogen-bond acceptors (Lipinski definition) is 3. The van der Waals surface area contributed by atoms with Crippen LogP contribution in [0.2, 0.25) is 0 Å². The first kappa shape index (κ1) is 18.1. The van der Waals surface area contributed by atoms with Crippen LogP contribution in [0.15, 0.2) is 35.2 Å². The molecule has 4 nitrogen and oxygen atoms in total. The molecule has 1 aliphatic carbocycles. The third kappa shape index (κ3) is 6.59. The first-order valence-electron chi connectivity index (χ1n) is 7.31. The van der Waals surface area contributed by atoms with Crippen molar-refractivity contribution in [3.8, 4) is 0 Å². The summed E-state index contributed by atoms with van der Waals surface area (Å²) in [7, 11) is -4.00. The molecule has 5 heteroatoms. The molecule has 0 radical (unpaired) electrons. The van der Waals surface area contributed by atoms with Crippen molar-refractivity contribution in [3.63, 3.8) is 0 Å². The quantitative estimate of drug-likeness (QED) is 0.778. The monoisotopic (exact) mass is 314 g/mol.